The van der Waals surface area contributed by atoms with E-state index in [-0.39, 0.29) is 5.91 Å². The Morgan fingerprint density at radius 2 is 2.05 bits per heavy atom. The standard InChI is InChI=1S/C12H11Cl2N3OS/c1-7(13)11(18)15-12-17-16-10(19-12)6-8-2-4-9(14)5-3-8/h2-5,7H,6H2,1H3,(H,15,17,18)/t7-/m0/s1. The summed E-state index contributed by atoms with van der Waals surface area (Å²) in [5.74, 6) is -0.282. The summed E-state index contributed by atoms with van der Waals surface area (Å²) in [4.78, 5) is 11.4. The van der Waals surface area contributed by atoms with Gasteiger partial charge in [-0.3, -0.25) is 10.1 Å². The summed E-state index contributed by atoms with van der Waals surface area (Å²) in [6, 6.07) is 7.53. The van der Waals surface area contributed by atoms with E-state index in [1.165, 1.54) is 11.3 Å². The molecule has 0 bridgehead atoms. The van der Waals surface area contributed by atoms with E-state index >= 15 is 0 Å². The first-order valence-electron chi connectivity index (χ1n) is 5.56. The Morgan fingerprint density at radius 1 is 1.37 bits per heavy atom. The molecule has 7 heteroatoms. The van der Waals surface area contributed by atoms with Crippen LogP contribution in [0.15, 0.2) is 24.3 Å². The number of hydrogen-bond acceptors (Lipinski definition) is 4. The third-order valence-electron chi connectivity index (χ3n) is 2.33. The van der Waals surface area contributed by atoms with Gasteiger partial charge in [0.2, 0.25) is 11.0 Å². The molecule has 2 rings (SSSR count). The average Bonchev–Trinajstić information content (AvgIpc) is 2.79. The van der Waals surface area contributed by atoms with Crippen molar-refractivity contribution >= 4 is 45.6 Å². The molecule has 2 aromatic rings. The number of halogens is 2. The number of alkyl halides is 1. The van der Waals surface area contributed by atoms with Gasteiger partial charge in [0, 0.05) is 11.4 Å². The Kier molecular flexibility index (Phi) is 4.74. The van der Waals surface area contributed by atoms with Crippen LogP contribution in [-0.4, -0.2) is 21.5 Å². The number of nitrogens with one attached hydrogen (secondary N) is 1. The molecule has 19 heavy (non-hydrogen) atoms. The number of carbonyl (C=O) groups is 1. The fraction of sp³-hybridized carbons (Fsp3) is 0.250. The summed E-state index contributed by atoms with van der Waals surface area (Å²) in [6.07, 6.45) is 0.654. The third-order valence-corrected chi connectivity index (χ3v) is 3.62. The molecule has 1 N–H and O–H groups in total. The van der Waals surface area contributed by atoms with Gasteiger partial charge < -0.3 is 0 Å². The number of hydrogen-bond donors (Lipinski definition) is 1. The molecule has 0 saturated carbocycles. The van der Waals surface area contributed by atoms with Gasteiger partial charge in [-0.1, -0.05) is 35.1 Å². The molecule has 1 heterocycles. The lowest BCUT2D eigenvalue weighted by Crippen LogP contribution is -2.20. The summed E-state index contributed by atoms with van der Waals surface area (Å²) in [6.45, 7) is 1.60. The summed E-state index contributed by atoms with van der Waals surface area (Å²) in [7, 11) is 0. The van der Waals surface area contributed by atoms with Crippen LogP contribution in [-0.2, 0) is 11.2 Å². The highest BCUT2D eigenvalue weighted by Crippen LogP contribution is 2.20. The highest BCUT2D eigenvalue weighted by atomic mass is 35.5. The lowest BCUT2D eigenvalue weighted by molar-refractivity contribution is -0.115. The van der Waals surface area contributed by atoms with Crippen molar-refractivity contribution in [1.82, 2.24) is 10.2 Å². The SMILES string of the molecule is C[C@H](Cl)C(=O)Nc1nnc(Cc2ccc(Cl)cc2)s1. The fourth-order valence-electron chi connectivity index (χ4n) is 1.36. The summed E-state index contributed by atoms with van der Waals surface area (Å²) < 4.78 is 0. The molecule has 0 aliphatic heterocycles. The molecule has 1 aromatic heterocycles. The van der Waals surface area contributed by atoms with E-state index in [1.807, 2.05) is 24.3 Å². The fourth-order valence-corrected chi connectivity index (χ4v) is 2.31. The summed E-state index contributed by atoms with van der Waals surface area (Å²) >= 11 is 12.8. The van der Waals surface area contributed by atoms with Crippen molar-refractivity contribution in [3.8, 4) is 0 Å². The quantitative estimate of drug-likeness (QED) is 0.880. The van der Waals surface area contributed by atoms with Gasteiger partial charge in [0.15, 0.2) is 0 Å². The monoisotopic (exact) mass is 315 g/mol. The van der Waals surface area contributed by atoms with E-state index in [1.54, 1.807) is 6.92 Å². The van der Waals surface area contributed by atoms with Crippen LogP contribution in [0.4, 0.5) is 5.13 Å². The van der Waals surface area contributed by atoms with Crippen molar-refractivity contribution in [2.75, 3.05) is 5.32 Å². The maximum Gasteiger partial charge on any atom is 0.243 e. The molecule has 1 atom stereocenters. The molecule has 0 fully saturated rings. The summed E-state index contributed by atoms with van der Waals surface area (Å²) in [5.41, 5.74) is 1.09. The maximum atomic E-state index is 11.4. The molecule has 100 valence electrons. The Bertz CT molecular complexity index is 569. The number of nitrogens with zero attached hydrogens (tertiary/aromatic N) is 2. The third kappa shape index (κ3) is 4.16. The van der Waals surface area contributed by atoms with Gasteiger partial charge in [0.05, 0.1) is 0 Å². The van der Waals surface area contributed by atoms with Gasteiger partial charge in [0.25, 0.3) is 0 Å². The highest BCUT2D eigenvalue weighted by molar-refractivity contribution is 7.15. The topological polar surface area (TPSA) is 54.9 Å². The van der Waals surface area contributed by atoms with Crippen LogP contribution in [0.5, 0.6) is 0 Å². The first-order chi connectivity index (χ1) is 9.04. The predicted octanol–water partition coefficient (Wildman–Crippen LogP) is 3.35. The maximum absolute atomic E-state index is 11.4. The molecule has 0 aliphatic carbocycles. The molecular formula is C12H11Cl2N3OS. The van der Waals surface area contributed by atoms with Crippen molar-refractivity contribution in [3.63, 3.8) is 0 Å². The number of aromatic nitrogens is 2. The number of carbonyl (C=O) groups excluding carboxylic acids is 1. The Hall–Kier alpha value is -1.17. The van der Waals surface area contributed by atoms with Crippen LogP contribution in [0.3, 0.4) is 0 Å². The molecule has 0 spiro atoms. The number of benzene rings is 1. The first kappa shape index (κ1) is 14.2. The summed E-state index contributed by atoms with van der Waals surface area (Å²) in [5, 5.41) is 11.9. The Morgan fingerprint density at radius 3 is 2.68 bits per heavy atom. The lowest BCUT2D eigenvalue weighted by atomic mass is 10.2. The first-order valence-corrected chi connectivity index (χ1v) is 7.19. The van der Waals surface area contributed by atoms with E-state index in [9.17, 15) is 4.79 Å². The molecule has 1 aromatic carbocycles. The average molecular weight is 316 g/mol. The molecule has 4 nitrogen and oxygen atoms in total. The second-order valence-electron chi connectivity index (χ2n) is 3.91. The van der Waals surface area contributed by atoms with Gasteiger partial charge in [-0.15, -0.1) is 21.8 Å². The van der Waals surface area contributed by atoms with Crippen molar-refractivity contribution in [1.29, 1.82) is 0 Å². The molecule has 0 unspecified atom stereocenters. The van der Waals surface area contributed by atoms with Crippen molar-refractivity contribution in [2.45, 2.75) is 18.7 Å². The molecular weight excluding hydrogens is 305 g/mol. The van der Waals surface area contributed by atoms with Crippen LogP contribution in [0.25, 0.3) is 0 Å². The minimum absolute atomic E-state index is 0.282. The zero-order valence-electron chi connectivity index (χ0n) is 10.1. The lowest BCUT2D eigenvalue weighted by Gasteiger charge is -2.00. The van der Waals surface area contributed by atoms with Crippen LogP contribution in [0.2, 0.25) is 5.02 Å². The van der Waals surface area contributed by atoms with Gasteiger partial charge in [-0.05, 0) is 24.6 Å². The van der Waals surface area contributed by atoms with Gasteiger partial charge in [-0.25, -0.2) is 0 Å². The van der Waals surface area contributed by atoms with E-state index < -0.39 is 5.38 Å². The zero-order chi connectivity index (χ0) is 13.8. The van der Waals surface area contributed by atoms with E-state index in [4.69, 9.17) is 23.2 Å². The number of rotatable bonds is 4. The largest absolute Gasteiger partial charge is 0.299 e. The minimum atomic E-state index is -0.594. The zero-order valence-corrected chi connectivity index (χ0v) is 12.4. The second-order valence-corrected chi connectivity index (χ2v) is 6.06. The smallest absolute Gasteiger partial charge is 0.243 e. The highest BCUT2D eigenvalue weighted by Gasteiger charge is 2.12. The Balaban J connectivity index is 2.01. The van der Waals surface area contributed by atoms with Crippen LogP contribution >= 0.6 is 34.5 Å². The number of anilines is 1. The van der Waals surface area contributed by atoms with Gasteiger partial charge in [-0.2, -0.15) is 0 Å². The van der Waals surface area contributed by atoms with Gasteiger partial charge in [0.1, 0.15) is 10.4 Å². The van der Waals surface area contributed by atoms with Gasteiger partial charge >= 0.3 is 0 Å². The second kappa shape index (κ2) is 6.32. The Labute approximate surface area is 124 Å². The van der Waals surface area contributed by atoms with Crippen LogP contribution < -0.4 is 5.32 Å². The van der Waals surface area contributed by atoms with Crippen LogP contribution in [0, 0.1) is 0 Å². The number of amides is 1. The van der Waals surface area contributed by atoms with Crippen molar-refractivity contribution in [2.24, 2.45) is 0 Å². The van der Waals surface area contributed by atoms with E-state index in [0.717, 1.165) is 10.6 Å². The van der Waals surface area contributed by atoms with Crippen molar-refractivity contribution < 1.29 is 4.79 Å². The molecule has 0 saturated heterocycles. The molecule has 0 aliphatic rings. The van der Waals surface area contributed by atoms with E-state index in [2.05, 4.69) is 15.5 Å². The minimum Gasteiger partial charge on any atom is -0.299 e. The van der Waals surface area contributed by atoms with E-state index in [0.29, 0.717) is 16.6 Å². The predicted molar refractivity (Wildman–Crippen MR) is 78.1 cm³/mol. The normalized spacial score (nSPS) is 12.2. The van der Waals surface area contributed by atoms with Crippen LogP contribution in [0.1, 0.15) is 17.5 Å². The molecule has 0 radical (unpaired) electrons. The molecule has 1 amide bonds. The van der Waals surface area contributed by atoms with Crippen molar-refractivity contribution in [3.05, 3.63) is 39.9 Å².